The largest absolute Gasteiger partial charge is 0.298 e. The summed E-state index contributed by atoms with van der Waals surface area (Å²) in [4.78, 5) is 11.8. The molecule has 0 aliphatic carbocycles. The molecule has 0 amide bonds. The summed E-state index contributed by atoms with van der Waals surface area (Å²) in [6.07, 6.45) is 0.758. The van der Waals surface area contributed by atoms with Crippen molar-refractivity contribution >= 4 is 17.6 Å². The number of aldehydes is 1. The Kier molecular flexibility index (Phi) is 2.64. The minimum Gasteiger partial charge on any atom is -0.298 e. The van der Waals surface area contributed by atoms with Crippen LogP contribution in [0.5, 0.6) is 0 Å². The Labute approximate surface area is 91.2 Å². The van der Waals surface area contributed by atoms with Crippen molar-refractivity contribution in [3.63, 3.8) is 0 Å². The summed E-state index contributed by atoms with van der Waals surface area (Å²) in [7, 11) is 0. The molecular weight excluding hydrogens is 211 g/mol. The average molecular weight is 220 g/mol. The lowest BCUT2D eigenvalue weighted by molar-refractivity contribution is 0.112. The number of thiophene rings is 1. The fourth-order valence-electron chi connectivity index (χ4n) is 1.48. The van der Waals surface area contributed by atoms with Gasteiger partial charge in [-0.2, -0.15) is 0 Å². The van der Waals surface area contributed by atoms with Crippen molar-refractivity contribution in [1.29, 1.82) is 0 Å². The number of hydrogen-bond acceptors (Lipinski definition) is 2. The molecule has 0 radical (unpaired) electrons. The smallest absolute Gasteiger partial charge is 0.150 e. The molecule has 1 aromatic heterocycles. The van der Waals surface area contributed by atoms with Crippen LogP contribution >= 0.6 is 11.3 Å². The van der Waals surface area contributed by atoms with Gasteiger partial charge in [0.1, 0.15) is 5.82 Å². The number of aryl methyl sites for hydroxylation is 1. The Morgan fingerprint density at radius 3 is 2.73 bits per heavy atom. The number of benzene rings is 1. The molecular formula is C12H9FOS. The normalized spacial score (nSPS) is 10.3. The van der Waals surface area contributed by atoms with Crippen LogP contribution in [-0.2, 0) is 0 Å². The van der Waals surface area contributed by atoms with Gasteiger partial charge in [0.05, 0.1) is 0 Å². The van der Waals surface area contributed by atoms with Crippen molar-refractivity contribution in [2.75, 3.05) is 0 Å². The Hall–Kier alpha value is -1.48. The second-order valence-corrected chi connectivity index (χ2v) is 4.20. The first-order chi connectivity index (χ1) is 7.22. The molecule has 0 aliphatic heterocycles. The lowest BCUT2D eigenvalue weighted by atomic mass is 10.0. The standard InChI is InChI=1S/C12H9FOS/c1-8-4-5-15-12(8)11-6-10(13)3-2-9(11)7-14/h2-7H,1H3. The van der Waals surface area contributed by atoms with E-state index in [-0.39, 0.29) is 5.82 Å². The van der Waals surface area contributed by atoms with Gasteiger partial charge in [-0.1, -0.05) is 0 Å². The average Bonchev–Trinajstić information content (AvgIpc) is 2.64. The SMILES string of the molecule is Cc1ccsc1-c1cc(F)ccc1C=O. The molecule has 0 saturated heterocycles. The van der Waals surface area contributed by atoms with Crippen molar-refractivity contribution in [1.82, 2.24) is 0 Å². The predicted octanol–water partition coefficient (Wildman–Crippen LogP) is 3.68. The van der Waals surface area contributed by atoms with Crippen molar-refractivity contribution in [2.45, 2.75) is 6.92 Å². The van der Waals surface area contributed by atoms with Gasteiger partial charge in [-0.15, -0.1) is 11.3 Å². The first-order valence-electron chi connectivity index (χ1n) is 4.51. The minimum atomic E-state index is -0.316. The van der Waals surface area contributed by atoms with E-state index in [2.05, 4.69) is 0 Å². The molecule has 0 bridgehead atoms. The number of hydrogen-bond donors (Lipinski definition) is 0. The van der Waals surface area contributed by atoms with E-state index >= 15 is 0 Å². The molecule has 0 spiro atoms. The number of carbonyl (C=O) groups is 1. The van der Waals surface area contributed by atoms with Crippen LogP contribution in [0, 0.1) is 12.7 Å². The molecule has 0 unspecified atom stereocenters. The van der Waals surface area contributed by atoms with E-state index < -0.39 is 0 Å². The second kappa shape index (κ2) is 3.95. The van der Waals surface area contributed by atoms with Crippen LogP contribution in [0.15, 0.2) is 29.6 Å². The third kappa shape index (κ3) is 1.83. The fraction of sp³-hybridized carbons (Fsp3) is 0.0833. The monoisotopic (exact) mass is 220 g/mol. The maximum Gasteiger partial charge on any atom is 0.150 e. The third-order valence-electron chi connectivity index (χ3n) is 2.25. The molecule has 1 nitrogen and oxygen atoms in total. The predicted molar refractivity (Wildman–Crippen MR) is 59.8 cm³/mol. The molecule has 15 heavy (non-hydrogen) atoms. The molecule has 0 saturated carbocycles. The summed E-state index contributed by atoms with van der Waals surface area (Å²) in [6, 6.07) is 6.18. The highest BCUT2D eigenvalue weighted by molar-refractivity contribution is 7.13. The topological polar surface area (TPSA) is 17.1 Å². The van der Waals surface area contributed by atoms with Gasteiger partial charge in [0, 0.05) is 16.0 Å². The first-order valence-corrected chi connectivity index (χ1v) is 5.39. The third-order valence-corrected chi connectivity index (χ3v) is 3.30. The Morgan fingerprint density at radius 2 is 2.13 bits per heavy atom. The van der Waals surface area contributed by atoms with E-state index in [4.69, 9.17) is 0 Å². The van der Waals surface area contributed by atoms with E-state index in [9.17, 15) is 9.18 Å². The van der Waals surface area contributed by atoms with Gasteiger partial charge < -0.3 is 0 Å². The maximum absolute atomic E-state index is 13.1. The molecule has 1 aromatic carbocycles. The van der Waals surface area contributed by atoms with Gasteiger partial charge in [0.25, 0.3) is 0 Å². The Bertz CT molecular complexity index is 502. The highest BCUT2D eigenvalue weighted by Crippen LogP contribution is 2.31. The maximum atomic E-state index is 13.1. The van der Waals surface area contributed by atoms with Gasteiger partial charge in [-0.25, -0.2) is 4.39 Å². The summed E-state index contributed by atoms with van der Waals surface area (Å²) in [5, 5.41) is 1.93. The second-order valence-electron chi connectivity index (χ2n) is 3.28. The van der Waals surface area contributed by atoms with Crippen LogP contribution in [0.2, 0.25) is 0 Å². The highest BCUT2D eigenvalue weighted by atomic mass is 32.1. The van der Waals surface area contributed by atoms with Crippen LogP contribution in [0.1, 0.15) is 15.9 Å². The van der Waals surface area contributed by atoms with Gasteiger partial charge in [0.2, 0.25) is 0 Å². The van der Waals surface area contributed by atoms with E-state index in [1.807, 2.05) is 18.4 Å². The van der Waals surface area contributed by atoms with Crippen molar-refractivity contribution in [2.24, 2.45) is 0 Å². The van der Waals surface area contributed by atoms with E-state index in [0.717, 1.165) is 16.7 Å². The number of halogens is 1. The minimum absolute atomic E-state index is 0.316. The van der Waals surface area contributed by atoms with Crippen LogP contribution in [0.3, 0.4) is 0 Å². The quantitative estimate of drug-likeness (QED) is 0.706. The zero-order valence-electron chi connectivity index (χ0n) is 8.16. The van der Waals surface area contributed by atoms with E-state index in [1.165, 1.54) is 29.5 Å². The van der Waals surface area contributed by atoms with Crippen LogP contribution < -0.4 is 0 Å². The van der Waals surface area contributed by atoms with Crippen molar-refractivity contribution < 1.29 is 9.18 Å². The Morgan fingerprint density at radius 1 is 1.33 bits per heavy atom. The van der Waals surface area contributed by atoms with Crippen LogP contribution in [-0.4, -0.2) is 6.29 Å². The lowest BCUT2D eigenvalue weighted by Gasteiger charge is -2.03. The molecule has 0 aliphatic rings. The summed E-state index contributed by atoms with van der Waals surface area (Å²) < 4.78 is 13.1. The lowest BCUT2D eigenvalue weighted by Crippen LogP contribution is -1.88. The molecule has 0 atom stereocenters. The van der Waals surface area contributed by atoms with Gasteiger partial charge >= 0.3 is 0 Å². The molecule has 1 heterocycles. The molecule has 3 heteroatoms. The number of carbonyl (C=O) groups excluding carboxylic acids is 1. The molecule has 76 valence electrons. The van der Waals surface area contributed by atoms with Crippen LogP contribution in [0.25, 0.3) is 10.4 Å². The van der Waals surface area contributed by atoms with Crippen molar-refractivity contribution in [3.8, 4) is 10.4 Å². The van der Waals surface area contributed by atoms with E-state index in [1.54, 1.807) is 0 Å². The summed E-state index contributed by atoms with van der Waals surface area (Å²) in [5.41, 5.74) is 2.27. The summed E-state index contributed by atoms with van der Waals surface area (Å²) in [6.45, 7) is 1.95. The molecule has 2 rings (SSSR count). The van der Waals surface area contributed by atoms with Gasteiger partial charge in [-0.3, -0.25) is 4.79 Å². The summed E-state index contributed by atoms with van der Waals surface area (Å²) >= 11 is 1.52. The van der Waals surface area contributed by atoms with E-state index in [0.29, 0.717) is 11.1 Å². The van der Waals surface area contributed by atoms with Gasteiger partial charge in [0.15, 0.2) is 6.29 Å². The number of rotatable bonds is 2. The molecule has 2 aromatic rings. The van der Waals surface area contributed by atoms with Crippen molar-refractivity contribution in [3.05, 3.63) is 46.6 Å². The Balaban J connectivity index is 2.65. The fourth-order valence-corrected chi connectivity index (χ4v) is 2.44. The zero-order chi connectivity index (χ0) is 10.8. The molecule has 0 fully saturated rings. The zero-order valence-corrected chi connectivity index (χ0v) is 8.98. The summed E-state index contributed by atoms with van der Waals surface area (Å²) in [5.74, 6) is -0.316. The van der Waals surface area contributed by atoms with Gasteiger partial charge in [-0.05, 0) is 42.1 Å². The highest BCUT2D eigenvalue weighted by Gasteiger charge is 2.09. The van der Waals surface area contributed by atoms with Crippen LogP contribution in [0.4, 0.5) is 4.39 Å². The molecule has 0 N–H and O–H groups in total. The first kappa shape index (κ1) is 10.1.